The molecule has 0 radical (unpaired) electrons. The van der Waals surface area contributed by atoms with E-state index in [0.29, 0.717) is 17.9 Å². The molecule has 5 heteroatoms. The zero-order chi connectivity index (χ0) is 21.5. The van der Waals surface area contributed by atoms with E-state index in [4.69, 9.17) is 0 Å². The molecule has 0 spiro atoms. The number of nitrogens with zero attached hydrogens (tertiary/aromatic N) is 1. The van der Waals surface area contributed by atoms with Gasteiger partial charge in [-0.05, 0) is 42.2 Å². The van der Waals surface area contributed by atoms with Gasteiger partial charge in [-0.1, -0.05) is 72.8 Å². The summed E-state index contributed by atoms with van der Waals surface area (Å²) in [6.07, 6.45) is 0.508. The Morgan fingerprint density at radius 2 is 1.40 bits per heavy atom. The van der Waals surface area contributed by atoms with E-state index in [1.54, 1.807) is 12.1 Å². The van der Waals surface area contributed by atoms with E-state index in [0.717, 1.165) is 16.7 Å². The topological polar surface area (TPSA) is 57.6 Å². The van der Waals surface area contributed by atoms with Gasteiger partial charge >= 0.3 is 5.97 Å². The Hall–Kier alpha value is -3.05. The number of carbonyl (C=O) groups excluding carboxylic acids is 1. The predicted octanol–water partition coefficient (Wildman–Crippen LogP) is 4.95. The zero-order valence-electron chi connectivity index (χ0n) is 16.8. The molecule has 4 nitrogen and oxygen atoms in total. The molecule has 0 fully saturated rings. The van der Waals surface area contributed by atoms with E-state index in [1.165, 1.54) is 11.8 Å². The van der Waals surface area contributed by atoms with Gasteiger partial charge < -0.3 is 5.11 Å². The van der Waals surface area contributed by atoms with E-state index in [9.17, 15) is 14.7 Å². The number of amides is 1. The van der Waals surface area contributed by atoms with Crippen LogP contribution in [0, 0.1) is 5.92 Å². The zero-order valence-corrected chi connectivity index (χ0v) is 17.7. The molecule has 1 unspecified atom stereocenters. The minimum Gasteiger partial charge on any atom is -0.480 e. The van der Waals surface area contributed by atoms with Crippen molar-refractivity contribution in [2.75, 3.05) is 10.7 Å². The van der Waals surface area contributed by atoms with Crippen molar-refractivity contribution in [1.29, 1.82) is 0 Å². The number of carbonyl (C=O) groups is 2. The second-order valence-corrected chi connectivity index (χ2v) is 7.57. The van der Waals surface area contributed by atoms with Gasteiger partial charge in [-0.2, -0.15) is 12.6 Å². The third-order valence-electron chi connectivity index (χ3n) is 5.13. The van der Waals surface area contributed by atoms with Crippen LogP contribution in [0.5, 0.6) is 0 Å². The van der Waals surface area contributed by atoms with Gasteiger partial charge in [0, 0.05) is 11.4 Å². The summed E-state index contributed by atoms with van der Waals surface area (Å²) < 4.78 is 0. The summed E-state index contributed by atoms with van der Waals surface area (Å²) in [6.45, 7) is 1.53. The maximum atomic E-state index is 13.4. The summed E-state index contributed by atoms with van der Waals surface area (Å²) >= 11 is 4.38. The lowest BCUT2D eigenvalue weighted by Crippen LogP contribution is -2.47. The first-order valence-electron chi connectivity index (χ1n) is 9.87. The molecule has 3 aromatic rings. The molecule has 0 aliphatic rings. The molecule has 0 aliphatic heterocycles. The van der Waals surface area contributed by atoms with Crippen LogP contribution in [0.25, 0.3) is 11.1 Å². The number of benzene rings is 3. The molecule has 1 amide bonds. The molecule has 3 rings (SSSR count). The van der Waals surface area contributed by atoms with Crippen molar-refractivity contribution < 1.29 is 14.7 Å². The molecule has 154 valence electrons. The third kappa shape index (κ3) is 5.10. The highest BCUT2D eigenvalue weighted by Crippen LogP contribution is 2.26. The van der Waals surface area contributed by atoms with Gasteiger partial charge in [0.25, 0.3) is 0 Å². The van der Waals surface area contributed by atoms with Gasteiger partial charge in [-0.25, -0.2) is 4.79 Å². The maximum absolute atomic E-state index is 13.4. The fraction of sp³-hybridized carbons (Fsp3) is 0.200. The van der Waals surface area contributed by atoms with Crippen molar-refractivity contribution in [2.45, 2.75) is 19.4 Å². The Labute approximate surface area is 182 Å². The SMILES string of the molecule is C[C@H](C(=O)O)N(C(=O)C(CS)Cc1ccccc1)c1ccc(-c2ccccc2)cc1. The molecule has 2 atom stereocenters. The highest BCUT2D eigenvalue weighted by atomic mass is 32.1. The van der Waals surface area contributed by atoms with E-state index in [1.807, 2.05) is 72.8 Å². The van der Waals surface area contributed by atoms with Crippen molar-refractivity contribution in [3.63, 3.8) is 0 Å². The van der Waals surface area contributed by atoms with Gasteiger partial charge in [0.2, 0.25) is 5.91 Å². The van der Waals surface area contributed by atoms with Gasteiger partial charge in [0.1, 0.15) is 6.04 Å². The summed E-state index contributed by atoms with van der Waals surface area (Å²) in [4.78, 5) is 26.5. The second-order valence-electron chi connectivity index (χ2n) is 7.20. The lowest BCUT2D eigenvalue weighted by molar-refractivity contribution is -0.140. The number of thiol groups is 1. The van der Waals surface area contributed by atoms with Crippen molar-refractivity contribution >= 4 is 30.2 Å². The lowest BCUT2D eigenvalue weighted by Gasteiger charge is -2.30. The average molecular weight is 420 g/mol. The fourth-order valence-electron chi connectivity index (χ4n) is 3.42. The van der Waals surface area contributed by atoms with Gasteiger partial charge in [0.05, 0.1) is 5.92 Å². The lowest BCUT2D eigenvalue weighted by atomic mass is 9.98. The average Bonchev–Trinajstić information content (AvgIpc) is 2.79. The minimum absolute atomic E-state index is 0.240. The van der Waals surface area contributed by atoms with Crippen molar-refractivity contribution in [3.8, 4) is 11.1 Å². The molecule has 3 aromatic carbocycles. The molecule has 1 N–H and O–H groups in total. The van der Waals surface area contributed by atoms with Crippen molar-refractivity contribution in [3.05, 3.63) is 90.5 Å². The summed E-state index contributed by atoms with van der Waals surface area (Å²) in [5.41, 5.74) is 3.65. The number of carboxylic acid groups (broad SMARTS) is 1. The number of anilines is 1. The third-order valence-corrected chi connectivity index (χ3v) is 5.57. The Bertz CT molecular complexity index is 974. The van der Waals surface area contributed by atoms with Crippen LogP contribution in [0.2, 0.25) is 0 Å². The monoisotopic (exact) mass is 419 g/mol. The quantitative estimate of drug-likeness (QED) is 0.508. The molecule has 0 bridgehead atoms. The maximum Gasteiger partial charge on any atom is 0.326 e. The minimum atomic E-state index is -1.05. The van der Waals surface area contributed by atoms with Crippen LogP contribution in [0.4, 0.5) is 5.69 Å². The number of hydrogen-bond donors (Lipinski definition) is 2. The highest BCUT2D eigenvalue weighted by Gasteiger charge is 2.31. The Balaban J connectivity index is 1.90. The van der Waals surface area contributed by atoms with Crippen LogP contribution in [0.15, 0.2) is 84.9 Å². The van der Waals surface area contributed by atoms with Crippen molar-refractivity contribution in [1.82, 2.24) is 0 Å². The first-order chi connectivity index (χ1) is 14.5. The molecule has 0 saturated heterocycles. The normalized spacial score (nSPS) is 12.7. The number of aliphatic carboxylic acids is 1. The van der Waals surface area contributed by atoms with Crippen LogP contribution in [-0.4, -0.2) is 28.8 Å². The Kier molecular flexibility index (Phi) is 7.31. The van der Waals surface area contributed by atoms with E-state index >= 15 is 0 Å². The Morgan fingerprint density at radius 1 is 0.867 bits per heavy atom. The van der Waals surface area contributed by atoms with Crippen molar-refractivity contribution in [2.24, 2.45) is 5.92 Å². The van der Waals surface area contributed by atoms with E-state index < -0.39 is 17.9 Å². The van der Waals surface area contributed by atoms with Gasteiger partial charge in [-0.3, -0.25) is 9.69 Å². The molecular formula is C25H25NO3S. The van der Waals surface area contributed by atoms with E-state index in [-0.39, 0.29) is 5.91 Å². The first-order valence-corrected chi connectivity index (χ1v) is 10.5. The predicted molar refractivity (Wildman–Crippen MR) is 124 cm³/mol. The fourth-order valence-corrected chi connectivity index (χ4v) is 3.71. The first kappa shape index (κ1) is 21.7. The largest absolute Gasteiger partial charge is 0.480 e. The molecule has 30 heavy (non-hydrogen) atoms. The summed E-state index contributed by atoms with van der Waals surface area (Å²) in [5, 5.41) is 9.63. The molecule has 0 heterocycles. The van der Waals surface area contributed by atoms with E-state index in [2.05, 4.69) is 12.6 Å². The van der Waals surface area contributed by atoms with Crippen LogP contribution >= 0.6 is 12.6 Å². The smallest absolute Gasteiger partial charge is 0.326 e. The van der Waals surface area contributed by atoms with Gasteiger partial charge in [-0.15, -0.1) is 0 Å². The molecular weight excluding hydrogens is 394 g/mol. The van der Waals surface area contributed by atoms with Gasteiger partial charge in [0.15, 0.2) is 0 Å². The number of carboxylic acids is 1. The standard InChI is InChI=1S/C25H25NO3S/c1-18(25(28)29)26(24(27)22(17-30)16-19-8-4-2-5-9-19)23-14-12-21(13-15-23)20-10-6-3-7-11-20/h2-15,18,22,30H,16-17H2,1H3,(H,28,29)/t18-,22?/m1/s1. The highest BCUT2D eigenvalue weighted by molar-refractivity contribution is 7.80. The number of hydrogen-bond acceptors (Lipinski definition) is 3. The number of rotatable bonds is 8. The summed E-state index contributed by atoms with van der Waals surface area (Å²) in [6, 6.07) is 26.0. The van der Waals surface area contributed by atoms with Crippen LogP contribution in [0.1, 0.15) is 12.5 Å². The Morgan fingerprint density at radius 3 is 1.93 bits per heavy atom. The summed E-state index contributed by atoms with van der Waals surface area (Å²) in [7, 11) is 0. The molecule has 0 saturated carbocycles. The summed E-state index contributed by atoms with van der Waals surface area (Å²) in [5.74, 6) is -1.38. The molecule has 0 aliphatic carbocycles. The molecule has 0 aromatic heterocycles. The second kappa shape index (κ2) is 10.1. The van der Waals surface area contributed by atoms with Crippen LogP contribution < -0.4 is 4.90 Å². The van der Waals surface area contributed by atoms with Crippen LogP contribution in [0.3, 0.4) is 0 Å². The van der Waals surface area contributed by atoms with Crippen LogP contribution in [-0.2, 0) is 16.0 Å².